The molecule has 2 aromatic rings. The fourth-order valence-electron chi connectivity index (χ4n) is 2.00. The van der Waals surface area contributed by atoms with Crippen LogP contribution in [0, 0.1) is 0 Å². The molecule has 0 unspecified atom stereocenters. The molecule has 0 saturated heterocycles. The van der Waals surface area contributed by atoms with Crippen molar-refractivity contribution in [1.82, 2.24) is 15.3 Å². The zero-order valence-electron chi connectivity index (χ0n) is 12.1. The third-order valence-corrected chi connectivity index (χ3v) is 3.24. The second-order valence-electron chi connectivity index (χ2n) is 4.82. The fourth-order valence-corrected chi connectivity index (χ4v) is 2.16. The Morgan fingerprint density at radius 3 is 3.05 bits per heavy atom. The van der Waals surface area contributed by atoms with E-state index < -0.39 is 0 Å². The number of H-pyrrole nitrogens is 1. The first kappa shape index (κ1) is 15.9. The molecule has 2 rings (SSSR count). The van der Waals surface area contributed by atoms with Crippen LogP contribution in [-0.2, 0) is 11.3 Å². The fraction of sp³-hybridized carbons (Fsp3) is 0.467. The average Bonchev–Trinajstić information content (AvgIpc) is 2.46. The maximum absolute atomic E-state index is 11.9. The minimum Gasteiger partial charge on any atom is -0.381 e. The molecule has 0 amide bonds. The van der Waals surface area contributed by atoms with Gasteiger partial charge in [0.1, 0.15) is 5.82 Å². The summed E-state index contributed by atoms with van der Waals surface area (Å²) in [6, 6.07) is 5.08. The van der Waals surface area contributed by atoms with E-state index in [-0.39, 0.29) is 5.56 Å². The lowest BCUT2D eigenvalue weighted by Crippen LogP contribution is -2.21. The van der Waals surface area contributed by atoms with Crippen molar-refractivity contribution in [2.24, 2.45) is 0 Å². The van der Waals surface area contributed by atoms with Crippen LogP contribution >= 0.6 is 11.6 Å². The summed E-state index contributed by atoms with van der Waals surface area (Å²) < 4.78 is 5.40. The minimum absolute atomic E-state index is 0.139. The second kappa shape index (κ2) is 8.12. The highest BCUT2D eigenvalue weighted by Crippen LogP contribution is 2.14. The molecule has 0 aliphatic carbocycles. The van der Waals surface area contributed by atoms with Gasteiger partial charge in [-0.15, -0.1) is 0 Å². The van der Waals surface area contributed by atoms with Gasteiger partial charge in [0.15, 0.2) is 0 Å². The van der Waals surface area contributed by atoms with Gasteiger partial charge in [-0.3, -0.25) is 4.79 Å². The molecule has 1 heterocycles. The standard InChI is InChI=1S/C15H20ClN3O2/c1-2-7-21-8-3-6-17-10-14-18-13-9-11(16)4-5-12(13)15(20)19-14/h4-5,9,17H,2-3,6-8,10H2,1H3,(H,18,19,20). The number of benzene rings is 1. The molecule has 0 spiro atoms. The summed E-state index contributed by atoms with van der Waals surface area (Å²) in [6.45, 7) is 4.98. The van der Waals surface area contributed by atoms with Crippen molar-refractivity contribution in [1.29, 1.82) is 0 Å². The lowest BCUT2D eigenvalue weighted by atomic mass is 10.2. The molecular formula is C15H20ClN3O2. The molecule has 1 aromatic carbocycles. The Balaban J connectivity index is 1.89. The predicted molar refractivity (Wildman–Crippen MR) is 84.8 cm³/mol. The van der Waals surface area contributed by atoms with Gasteiger partial charge in [-0.05, 0) is 37.6 Å². The quantitative estimate of drug-likeness (QED) is 0.735. The van der Waals surface area contributed by atoms with E-state index in [4.69, 9.17) is 16.3 Å². The molecule has 0 bridgehead atoms. The van der Waals surface area contributed by atoms with Gasteiger partial charge in [0.25, 0.3) is 5.56 Å². The smallest absolute Gasteiger partial charge is 0.258 e. The maximum atomic E-state index is 11.9. The van der Waals surface area contributed by atoms with Crippen molar-refractivity contribution in [3.63, 3.8) is 0 Å². The molecule has 114 valence electrons. The molecule has 0 aliphatic heterocycles. The summed E-state index contributed by atoms with van der Waals surface area (Å²) in [5.74, 6) is 0.615. The normalized spacial score (nSPS) is 11.1. The number of fused-ring (bicyclic) bond motifs is 1. The second-order valence-corrected chi connectivity index (χ2v) is 5.25. The first-order valence-corrected chi connectivity index (χ1v) is 7.55. The highest BCUT2D eigenvalue weighted by molar-refractivity contribution is 6.31. The number of aromatic nitrogens is 2. The van der Waals surface area contributed by atoms with Gasteiger partial charge >= 0.3 is 0 Å². The molecule has 0 fully saturated rings. The maximum Gasteiger partial charge on any atom is 0.258 e. The van der Waals surface area contributed by atoms with E-state index >= 15 is 0 Å². The van der Waals surface area contributed by atoms with Crippen molar-refractivity contribution < 1.29 is 4.74 Å². The van der Waals surface area contributed by atoms with Crippen LogP contribution in [-0.4, -0.2) is 29.7 Å². The van der Waals surface area contributed by atoms with Crippen molar-refractivity contribution in [2.75, 3.05) is 19.8 Å². The van der Waals surface area contributed by atoms with Crippen LogP contribution in [0.3, 0.4) is 0 Å². The Labute approximate surface area is 128 Å². The number of hydrogen-bond donors (Lipinski definition) is 2. The molecule has 6 heteroatoms. The van der Waals surface area contributed by atoms with Crippen LogP contribution in [0.5, 0.6) is 0 Å². The van der Waals surface area contributed by atoms with E-state index in [1.165, 1.54) is 0 Å². The summed E-state index contributed by atoms with van der Waals surface area (Å²) in [5.41, 5.74) is 0.481. The summed E-state index contributed by atoms with van der Waals surface area (Å²) in [6.07, 6.45) is 1.97. The molecular weight excluding hydrogens is 290 g/mol. The largest absolute Gasteiger partial charge is 0.381 e. The number of hydrogen-bond acceptors (Lipinski definition) is 4. The van der Waals surface area contributed by atoms with Crippen LogP contribution in [0.25, 0.3) is 10.9 Å². The van der Waals surface area contributed by atoms with Crippen molar-refractivity contribution in [3.05, 3.63) is 39.4 Å². The summed E-state index contributed by atoms with van der Waals surface area (Å²) in [7, 11) is 0. The number of nitrogens with one attached hydrogen (secondary N) is 2. The number of ether oxygens (including phenoxy) is 1. The molecule has 1 aromatic heterocycles. The third-order valence-electron chi connectivity index (χ3n) is 3.00. The molecule has 2 N–H and O–H groups in total. The van der Waals surface area contributed by atoms with Gasteiger partial charge in [0, 0.05) is 18.2 Å². The van der Waals surface area contributed by atoms with E-state index in [1.807, 2.05) is 0 Å². The summed E-state index contributed by atoms with van der Waals surface area (Å²) in [5, 5.41) is 4.37. The van der Waals surface area contributed by atoms with E-state index in [0.717, 1.165) is 32.6 Å². The molecule has 5 nitrogen and oxygen atoms in total. The molecule has 0 aliphatic rings. The number of rotatable bonds is 8. The summed E-state index contributed by atoms with van der Waals surface area (Å²) >= 11 is 5.93. The van der Waals surface area contributed by atoms with Crippen molar-refractivity contribution in [2.45, 2.75) is 26.3 Å². The third kappa shape index (κ3) is 4.81. The van der Waals surface area contributed by atoms with Gasteiger partial charge in [-0.1, -0.05) is 18.5 Å². The van der Waals surface area contributed by atoms with Gasteiger partial charge in [-0.2, -0.15) is 0 Å². The van der Waals surface area contributed by atoms with Crippen LogP contribution in [0.4, 0.5) is 0 Å². The Bertz CT molecular complexity index is 642. The number of halogens is 1. The first-order chi connectivity index (χ1) is 10.2. The van der Waals surface area contributed by atoms with Gasteiger partial charge < -0.3 is 15.0 Å². The van der Waals surface area contributed by atoms with E-state index in [2.05, 4.69) is 22.2 Å². The van der Waals surface area contributed by atoms with Crippen LogP contribution in [0.15, 0.2) is 23.0 Å². The van der Waals surface area contributed by atoms with E-state index in [0.29, 0.717) is 28.3 Å². The van der Waals surface area contributed by atoms with Crippen LogP contribution in [0.2, 0.25) is 5.02 Å². The highest BCUT2D eigenvalue weighted by Gasteiger charge is 2.04. The first-order valence-electron chi connectivity index (χ1n) is 7.17. The van der Waals surface area contributed by atoms with Crippen LogP contribution in [0.1, 0.15) is 25.6 Å². The number of aromatic amines is 1. The van der Waals surface area contributed by atoms with Gasteiger partial charge in [0.2, 0.25) is 0 Å². The Hall–Kier alpha value is -1.43. The van der Waals surface area contributed by atoms with Crippen molar-refractivity contribution in [3.8, 4) is 0 Å². The Morgan fingerprint density at radius 1 is 1.38 bits per heavy atom. The molecule has 0 saturated carbocycles. The van der Waals surface area contributed by atoms with E-state index in [9.17, 15) is 4.79 Å². The monoisotopic (exact) mass is 309 g/mol. The average molecular weight is 310 g/mol. The topological polar surface area (TPSA) is 67.0 Å². The Morgan fingerprint density at radius 2 is 2.24 bits per heavy atom. The number of nitrogens with zero attached hydrogens (tertiary/aromatic N) is 1. The SMILES string of the molecule is CCCOCCCNCc1nc2cc(Cl)ccc2c(=O)[nH]1. The van der Waals surface area contributed by atoms with Gasteiger partial charge in [0.05, 0.1) is 17.4 Å². The lowest BCUT2D eigenvalue weighted by Gasteiger charge is -2.06. The lowest BCUT2D eigenvalue weighted by molar-refractivity contribution is 0.132. The van der Waals surface area contributed by atoms with Crippen LogP contribution < -0.4 is 10.9 Å². The predicted octanol–water partition coefficient (Wildman–Crippen LogP) is 2.48. The van der Waals surface area contributed by atoms with Gasteiger partial charge in [-0.25, -0.2) is 4.98 Å². The van der Waals surface area contributed by atoms with Crippen molar-refractivity contribution >= 4 is 22.5 Å². The highest BCUT2D eigenvalue weighted by atomic mass is 35.5. The molecule has 0 radical (unpaired) electrons. The van der Waals surface area contributed by atoms with E-state index in [1.54, 1.807) is 18.2 Å². The summed E-state index contributed by atoms with van der Waals surface area (Å²) in [4.78, 5) is 19.1. The molecule has 0 atom stereocenters. The Kier molecular flexibility index (Phi) is 6.17. The molecule has 21 heavy (non-hydrogen) atoms. The minimum atomic E-state index is -0.139. The zero-order chi connectivity index (χ0) is 15.1. The zero-order valence-corrected chi connectivity index (χ0v) is 12.9.